The van der Waals surface area contributed by atoms with E-state index >= 15 is 0 Å². The minimum absolute atomic E-state index is 0.142. The lowest BCUT2D eigenvalue weighted by molar-refractivity contribution is 0.183. The first-order valence-electron chi connectivity index (χ1n) is 13.6. The molecule has 2 atom stereocenters. The number of aromatic hydroxyl groups is 1. The van der Waals surface area contributed by atoms with Crippen LogP contribution in [0.15, 0.2) is 60.7 Å². The molecule has 38 heavy (non-hydrogen) atoms. The van der Waals surface area contributed by atoms with Crippen molar-refractivity contribution in [2.75, 3.05) is 26.2 Å². The Morgan fingerprint density at radius 3 is 2.37 bits per heavy atom. The Kier molecular flexibility index (Phi) is 6.75. The first kappa shape index (κ1) is 24.8. The number of hydrogen-bond donors (Lipinski definition) is 1. The minimum atomic E-state index is -0.463. The lowest BCUT2D eigenvalue weighted by atomic mass is 9.78. The number of nitrogens with zero attached hydrogens (tertiary/aromatic N) is 1. The quantitative estimate of drug-likeness (QED) is 0.389. The summed E-state index contributed by atoms with van der Waals surface area (Å²) in [5.74, 6) is 1.90. The van der Waals surface area contributed by atoms with E-state index in [0.29, 0.717) is 18.1 Å². The maximum absolute atomic E-state index is 14.3. The predicted molar refractivity (Wildman–Crippen MR) is 146 cm³/mol. The van der Waals surface area contributed by atoms with E-state index in [0.717, 1.165) is 53.2 Å². The van der Waals surface area contributed by atoms with Gasteiger partial charge < -0.3 is 19.3 Å². The fraction of sp³-hybridized carbons (Fsp3) is 0.375. The molecule has 3 aliphatic heterocycles. The van der Waals surface area contributed by atoms with E-state index in [1.807, 2.05) is 30.3 Å². The molecular weight excluding hydrogens is 481 g/mol. The molecule has 2 unspecified atom stereocenters. The second-order valence-corrected chi connectivity index (χ2v) is 10.7. The van der Waals surface area contributed by atoms with Crippen LogP contribution in [0.3, 0.4) is 0 Å². The van der Waals surface area contributed by atoms with Crippen LogP contribution >= 0.6 is 0 Å². The molecule has 0 radical (unpaired) electrons. The summed E-state index contributed by atoms with van der Waals surface area (Å²) in [6, 6.07) is 17.9. The third-order valence-electron chi connectivity index (χ3n) is 7.74. The molecule has 1 N–H and O–H groups in total. The largest absolute Gasteiger partial charge is 0.508 e. The Labute approximate surface area is 223 Å². The van der Waals surface area contributed by atoms with Gasteiger partial charge in [-0.2, -0.15) is 0 Å². The first-order valence-corrected chi connectivity index (χ1v) is 13.6. The number of ether oxygens (including phenoxy) is 3. The van der Waals surface area contributed by atoms with E-state index in [9.17, 15) is 9.50 Å². The van der Waals surface area contributed by atoms with Crippen molar-refractivity contribution in [2.45, 2.75) is 45.3 Å². The molecule has 0 amide bonds. The molecule has 3 heterocycles. The molecule has 3 aliphatic rings. The molecule has 5 nitrogen and oxygen atoms in total. The summed E-state index contributed by atoms with van der Waals surface area (Å²) in [5.41, 5.74) is 4.65. The van der Waals surface area contributed by atoms with Gasteiger partial charge in [0.25, 0.3) is 0 Å². The van der Waals surface area contributed by atoms with Crippen LogP contribution in [0.25, 0.3) is 11.1 Å². The Morgan fingerprint density at radius 1 is 0.895 bits per heavy atom. The zero-order chi connectivity index (χ0) is 26.2. The van der Waals surface area contributed by atoms with Crippen molar-refractivity contribution in [3.05, 3.63) is 83.2 Å². The van der Waals surface area contributed by atoms with Crippen molar-refractivity contribution in [2.24, 2.45) is 5.92 Å². The van der Waals surface area contributed by atoms with Gasteiger partial charge in [0.05, 0.1) is 0 Å². The summed E-state index contributed by atoms with van der Waals surface area (Å²) in [6.07, 6.45) is 3.13. The topological polar surface area (TPSA) is 51.2 Å². The second kappa shape index (κ2) is 10.3. The van der Waals surface area contributed by atoms with Gasteiger partial charge in [-0.15, -0.1) is 0 Å². The average molecular weight is 516 g/mol. The van der Waals surface area contributed by atoms with Crippen molar-refractivity contribution < 1.29 is 23.7 Å². The summed E-state index contributed by atoms with van der Waals surface area (Å²) in [7, 11) is 0. The van der Waals surface area contributed by atoms with Crippen LogP contribution in [0.5, 0.6) is 23.0 Å². The third kappa shape index (κ3) is 4.73. The summed E-state index contributed by atoms with van der Waals surface area (Å²) >= 11 is 0. The zero-order valence-corrected chi connectivity index (χ0v) is 22.0. The zero-order valence-electron chi connectivity index (χ0n) is 22.0. The van der Waals surface area contributed by atoms with Crippen LogP contribution in [0.1, 0.15) is 55.9 Å². The number of likely N-dealkylation sites (tertiary alicyclic amines) is 1. The molecule has 0 bridgehead atoms. The van der Waals surface area contributed by atoms with Crippen molar-refractivity contribution >= 4 is 11.1 Å². The van der Waals surface area contributed by atoms with E-state index in [1.165, 1.54) is 31.4 Å². The molecule has 6 heteroatoms. The molecule has 0 aliphatic carbocycles. The summed E-state index contributed by atoms with van der Waals surface area (Å²) in [6.45, 7) is 8.11. The standard InChI is InChI=1S/C32H34FNO4/c1-20(2)31-29-25-12-8-22(33)18-27(25)38-32(30(29)26-13-9-23(35)19-28(26)37-31)21-6-10-24(11-7-21)36-17-16-34-14-4-3-5-15-34/h6-13,18-20,31-32,35H,3-5,14-17H2,1-2H3. The highest BCUT2D eigenvalue weighted by atomic mass is 19.1. The van der Waals surface area contributed by atoms with E-state index in [4.69, 9.17) is 14.2 Å². The van der Waals surface area contributed by atoms with Crippen molar-refractivity contribution in [3.8, 4) is 23.0 Å². The maximum atomic E-state index is 14.3. The van der Waals surface area contributed by atoms with E-state index < -0.39 is 6.10 Å². The smallest absolute Gasteiger partial charge is 0.150 e. The molecule has 3 aromatic carbocycles. The summed E-state index contributed by atoms with van der Waals surface area (Å²) in [5, 5.41) is 10.2. The van der Waals surface area contributed by atoms with Crippen LogP contribution in [-0.2, 0) is 0 Å². The number of hydrogen-bond acceptors (Lipinski definition) is 5. The highest BCUT2D eigenvalue weighted by molar-refractivity contribution is 6.00. The summed E-state index contributed by atoms with van der Waals surface area (Å²) in [4.78, 5) is 2.46. The predicted octanol–water partition coefficient (Wildman–Crippen LogP) is 6.86. The van der Waals surface area contributed by atoms with Crippen molar-refractivity contribution in [1.29, 1.82) is 0 Å². The molecule has 1 saturated heterocycles. The molecular formula is C32H34FNO4. The van der Waals surface area contributed by atoms with Crippen LogP contribution in [0, 0.1) is 11.7 Å². The molecule has 0 spiro atoms. The number of fused-ring (bicyclic) bond motifs is 4. The summed E-state index contributed by atoms with van der Waals surface area (Å²) < 4.78 is 33.3. The molecule has 198 valence electrons. The average Bonchev–Trinajstić information content (AvgIpc) is 2.92. The van der Waals surface area contributed by atoms with Gasteiger partial charge in [0.2, 0.25) is 0 Å². The normalized spacial score (nSPS) is 20.7. The monoisotopic (exact) mass is 515 g/mol. The Hall–Kier alpha value is -3.51. The van der Waals surface area contributed by atoms with Crippen LogP contribution < -0.4 is 14.2 Å². The van der Waals surface area contributed by atoms with Gasteiger partial charge in [-0.3, -0.25) is 4.90 Å². The Morgan fingerprint density at radius 2 is 1.61 bits per heavy atom. The fourth-order valence-electron chi connectivity index (χ4n) is 5.83. The fourth-order valence-corrected chi connectivity index (χ4v) is 5.83. The van der Waals surface area contributed by atoms with Crippen molar-refractivity contribution in [3.63, 3.8) is 0 Å². The highest BCUT2D eigenvalue weighted by Crippen LogP contribution is 2.54. The van der Waals surface area contributed by atoms with Gasteiger partial charge in [0.1, 0.15) is 41.5 Å². The number of phenols is 1. The van der Waals surface area contributed by atoms with Gasteiger partial charge in [-0.05, 0) is 73.8 Å². The van der Waals surface area contributed by atoms with Crippen LogP contribution in [0.2, 0.25) is 0 Å². The lowest BCUT2D eigenvalue weighted by Crippen LogP contribution is -2.33. The number of halogens is 1. The molecule has 3 aromatic rings. The first-order chi connectivity index (χ1) is 18.5. The van der Waals surface area contributed by atoms with Crippen LogP contribution in [-0.4, -0.2) is 42.4 Å². The molecule has 0 saturated carbocycles. The Bertz CT molecular complexity index is 1340. The van der Waals surface area contributed by atoms with Gasteiger partial charge in [0.15, 0.2) is 6.10 Å². The molecule has 1 fully saturated rings. The highest BCUT2D eigenvalue weighted by Gasteiger charge is 2.40. The number of benzene rings is 3. The molecule has 0 aromatic heterocycles. The van der Waals surface area contributed by atoms with Gasteiger partial charge in [-0.1, -0.05) is 32.4 Å². The van der Waals surface area contributed by atoms with Crippen molar-refractivity contribution in [1.82, 2.24) is 4.90 Å². The minimum Gasteiger partial charge on any atom is -0.508 e. The van der Waals surface area contributed by atoms with E-state index in [-0.39, 0.29) is 23.6 Å². The van der Waals surface area contributed by atoms with E-state index in [2.05, 4.69) is 18.7 Å². The second-order valence-electron chi connectivity index (χ2n) is 10.7. The van der Waals surface area contributed by atoms with Gasteiger partial charge >= 0.3 is 0 Å². The number of phenolic OH excluding ortho intramolecular Hbond substituents is 1. The SMILES string of the molecule is CC(C)C1Oc2cc(O)ccc2C2=C1c1ccc(F)cc1OC2c1ccc(OCCN2CCCCC2)cc1. The Balaban J connectivity index is 1.35. The van der Waals surface area contributed by atoms with Crippen LogP contribution in [0.4, 0.5) is 4.39 Å². The number of rotatable bonds is 6. The third-order valence-corrected chi connectivity index (χ3v) is 7.74. The maximum Gasteiger partial charge on any atom is 0.150 e. The number of piperidine rings is 1. The van der Waals surface area contributed by atoms with E-state index in [1.54, 1.807) is 18.2 Å². The lowest BCUT2D eigenvalue weighted by Gasteiger charge is -2.40. The molecule has 6 rings (SSSR count). The van der Waals surface area contributed by atoms with Gasteiger partial charge in [-0.25, -0.2) is 4.39 Å². The van der Waals surface area contributed by atoms with Gasteiger partial charge in [0, 0.05) is 41.0 Å².